The molecule has 2 aliphatic rings. The van der Waals surface area contributed by atoms with E-state index in [4.69, 9.17) is 4.74 Å². The van der Waals surface area contributed by atoms with Crippen LogP contribution in [0.15, 0.2) is 24.3 Å². The molecule has 8 heteroatoms. The number of carbonyl (C=O) groups excluding carboxylic acids is 2. The summed E-state index contributed by atoms with van der Waals surface area (Å²) in [6, 6.07) is 7.72. The molecule has 0 atom stereocenters. The van der Waals surface area contributed by atoms with Gasteiger partial charge in [0.05, 0.1) is 19.3 Å². The SMILES string of the molecule is COc1ccccc1N1CCN(CCCCN2C(=O)CN(CCF)C2=O)CC1. The highest BCUT2D eigenvalue weighted by atomic mass is 19.1. The summed E-state index contributed by atoms with van der Waals surface area (Å²) in [5.74, 6) is 0.682. The second-order valence-corrected chi connectivity index (χ2v) is 7.15. The zero-order valence-corrected chi connectivity index (χ0v) is 16.5. The number of para-hydroxylation sites is 2. The molecule has 0 radical (unpaired) electrons. The van der Waals surface area contributed by atoms with Gasteiger partial charge in [-0.3, -0.25) is 14.6 Å². The lowest BCUT2D eigenvalue weighted by atomic mass is 10.2. The molecule has 0 saturated carbocycles. The van der Waals surface area contributed by atoms with Gasteiger partial charge in [0.15, 0.2) is 0 Å². The van der Waals surface area contributed by atoms with Crippen molar-refractivity contribution >= 4 is 17.6 Å². The van der Waals surface area contributed by atoms with Crippen LogP contribution >= 0.6 is 0 Å². The first-order valence-electron chi connectivity index (χ1n) is 9.89. The van der Waals surface area contributed by atoms with E-state index in [0.717, 1.165) is 57.0 Å². The maximum Gasteiger partial charge on any atom is 0.327 e. The predicted molar refractivity (Wildman–Crippen MR) is 106 cm³/mol. The molecule has 3 amide bonds. The Morgan fingerprint density at radius 1 is 1.00 bits per heavy atom. The number of unbranched alkanes of at least 4 members (excludes halogenated alkanes) is 1. The fourth-order valence-electron chi connectivity index (χ4n) is 3.80. The number of amides is 3. The molecule has 2 aliphatic heterocycles. The monoisotopic (exact) mass is 392 g/mol. The highest BCUT2D eigenvalue weighted by Crippen LogP contribution is 2.28. The standard InChI is InChI=1S/C20H29FN4O3/c1-28-18-7-3-2-6-17(18)23-14-12-22(13-15-23)9-4-5-10-25-19(26)16-24(11-8-21)20(25)27/h2-3,6-7H,4-5,8-16H2,1H3. The number of hydrogen-bond donors (Lipinski definition) is 0. The third kappa shape index (κ3) is 4.73. The normalized spacial score (nSPS) is 18.3. The van der Waals surface area contributed by atoms with Crippen LogP contribution in [0, 0.1) is 0 Å². The first kappa shape index (κ1) is 20.4. The van der Waals surface area contributed by atoms with Crippen LogP contribution in [-0.2, 0) is 4.79 Å². The molecular weight excluding hydrogens is 363 g/mol. The van der Waals surface area contributed by atoms with Gasteiger partial charge in [0.25, 0.3) is 0 Å². The van der Waals surface area contributed by atoms with Gasteiger partial charge in [0, 0.05) is 32.7 Å². The van der Waals surface area contributed by atoms with Gasteiger partial charge in [-0.25, -0.2) is 9.18 Å². The summed E-state index contributed by atoms with van der Waals surface area (Å²) in [7, 11) is 1.70. The maximum absolute atomic E-state index is 12.4. The largest absolute Gasteiger partial charge is 0.495 e. The number of imide groups is 1. The number of methoxy groups -OCH3 is 1. The quantitative estimate of drug-likeness (QED) is 0.474. The van der Waals surface area contributed by atoms with Crippen molar-refractivity contribution in [2.75, 3.05) is 71.0 Å². The van der Waals surface area contributed by atoms with Crippen LogP contribution in [0.5, 0.6) is 5.75 Å². The molecule has 0 aromatic heterocycles. The Kier molecular flexibility index (Phi) is 7.08. The highest BCUT2D eigenvalue weighted by molar-refractivity contribution is 6.01. The fourth-order valence-corrected chi connectivity index (χ4v) is 3.80. The maximum atomic E-state index is 12.4. The van der Waals surface area contributed by atoms with Crippen LogP contribution in [0.3, 0.4) is 0 Å². The molecule has 1 aromatic rings. The van der Waals surface area contributed by atoms with Crippen molar-refractivity contribution in [3.63, 3.8) is 0 Å². The van der Waals surface area contributed by atoms with Gasteiger partial charge >= 0.3 is 6.03 Å². The molecule has 2 fully saturated rings. The van der Waals surface area contributed by atoms with E-state index in [9.17, 15) is 14.0 Å². The van der Waals surface area contributed by atoms with Crippen LogP contribution in [0.25, 0.3) is 0 Å². The summed E-state index contributed by atoms with van der Waals surface area (Å²) < 4.78 is 17.9. The molecule has 0 aliphatic carbocycles. The predicted octanol–water partition coefficient (Wildman–Crippen LogP) is 1.83. The van der Waals surface area contributed by atoms with Crippen molar-refractivity contribution in [3.8, 4) is 5.75 Å². The summed E-state index contributed by atoms with van der Waals surface area (Å²) >= 11 is 0. The average Bonchev–Trinajstić information content (AvgIpc) is 2.99. The van der Waals surface area contributed by atoms with Crippen LogP contribution in [0.1, 0.15) is 12.8 Å². The van der Waals surface area contributed by atoms with Crippen LogP contribution in [-0.4, -0.2) is 92.8 Å². The molecule has 0 bridgehead atoms. The third-order valence-corrected chi connectivity index (χ3v) is 5.39. The van der Waals surface area contributed by atoms with E-state index in [1.165, 1.54) is 9.80 Å². The number of alkyl halides is 1. The lowest BCUT2D eigenvalue weighted by Gasteiger charge is -2.36. The van der Waals surface area contributed by atoms with Crippen molar-refractivity contribution in [1.82, 2.24) is 14.7 Å². The van der Waals surface area contributed by atoms with Gasteiger partial charge in [-0.15, -0.1) is 0 Å². The summed E-state index contributed by atoms with van der Waals surface area (Å²) in [6.07, 6.45) is 1.70. The molecule has 7 nitrogen and oxygen atoms in total. The Labute approximate surface area is 165 Å². The number of nitrogens with zero attached hydrogens (tertiary/aromatic N) is 4. The molecule has 0 unspecified atom stereocenters. The molecule has 2 saturated heterocycles. The zero-order valence-electron chi connectivity index (χ0n) is 16.5. The second-order valence-electron chi connectivity index (χ2n) is 7.15. The van der Waals surface area contributed by atoms with E-state index < -0.39 is 6.67 Å². The first-order valence-corrected chi connectivity index (χ1v) is 9.89. The lowest BCUT2D eigenvalue weighted by molar-refractivity contribution is -0.125. The average molecular weight is 392 g/mol. The molecule has 3 rings (SSSR count). The molecular formula is C20H29FN4O3. The van der Waals surface area contributed by atoms with Crippen LogP contribution in [0.4, 0.5) is 14.9 Å². The number of piperazine rings is 1. The Morgan fingerprint density at radius 3 is 2.43 bits per heavy atom. The van der Waals surface area contributed by atoms with Gasteiger partial charge < -0.3 is 14.5 Å². The number of benzene rings is 1. The number of anilines is 1. The lowest BCUT2D eigenvalue weighted by Crippen LogP contribution is -2.46. The van der Waals surface area contributed by atoms with E-state index in [1.54, 1.807) is 7.11 Å². The second kappa shape index (κ2) is 9.73. The summed E-state index contributed by atoms with van der Waals surface area (Å²) in [5.41, 5.74) is 1.13. The number of ether oxygens (including phenoxy) is 1. The van der Waals surface area contributed by atoms with Crippen molar-refractivity contribution in [2.24, 2.45) is 0 Å². The van der Waals surface area contributed by atoms with E-state index in [1.807, 2.05) is 18.2 Å². The van der Waals surface area contributed by atoms with Crippen molar-refractivity contribution in [2.45, 2.75) is 12.8 Å². The molecule has 1 aromatic carbocycles. The van der Waals surface area contributed by atoms with Gasteiger partial charge in [-0.2, -0.15) is 0 Å². The van der Waals surface area contributed by atoms with E-state index in [-0.39, 0.29) is 25.0 Å². The van der Waals surface area contributed by atoms with Gasteiger partial charge in [-0.1, -0.05) is 12.1 Å². The van der Waals surface area contributed by atoms with Crippen molar-refractivity contribution in [1.29, 1.82) is 0 Å². The van der Waals surface area contributed by atoms with Gasteiger partial charge in [0.2, 0.25) is 5.91 Å². The highest BCUT2D eigenvalue weighted by Gasteiger charge is 2.35. The summed E-state index contributed by atoms with van der Waals surface area (Å²) in [5, 5.41) is 0. The summed E-state index contributed by atoms with van der Waals surface area (Å²) in [4.78, 5) is 31.3. The Hall–Kier alpha value is -2.35. The molecule has 28 heavy (non-hydrogen) atoms. The summed E-state index contributed by atoms with van der Waals surface area (Å²) in [6.45, 7) is 4.60. The topological polar surface area (TPSA) is 56.3 Å². The molecule has 2 heterocycles. The Morgan fingerprint density at radius 2 is 1.71 bits per heavy atom. The van der Waals surface area contributed by atoms with E-state index in [2.05, 4.69) is 15.9 Å². The number of rotatable bonds is 9. The Balaban J connectivity index is 1.37. The number of hydrogen-bond acceptors (Lipinski definition) is 5. The minimum Gasteiger partial charge on any atom is -0.495 e. The van der Waals surface area contributed by atoms with Crippen LogP contribution in [0.2, 0.25) is 0 Å². The number of halogens is 1. The number of carbonyl (C=O) groups is 2. The van der Waals surface area contributed by atoms with Crippen LogP contribution < -0.4 is 9.64 Å². The molecule has 0 spiro atoms. The third-order valence-electron chi connectivity index (χ3n) is 5.39. The van der Waals surface area contributed by atoms with Gasteiger partial charge in [-0.05, 0) is 31.5 Å². The Bertz CT molecular complexity index is 679. The van der Waals surface area contributed by atoms with Crippen molar-refractivity contribution < 1.29 is 18.7 Å². The molecule has 154 valence electrons. The smallest absolute Gasteiger partial charge is 0.327 e. The fraction of sp³-hybridized carbons (Fsp3) is 0.600. The van der Waals surface area contributed by atoms with E-state index >= 15 is 0 Å². The zero-order chi connectivity index (χ0) is 19.9. The molecule has 0 N–H and O–H groups in total. The first-order chi connectivity index (χ1) is 13.6. The van der Waals surface area contributed by atoms with E-state index in [0.29, 0.717) is 6.54 Å². The minimum atomic E-state index is -0.617. The minimum absolute atomic E-state index is 0.00243. The number of urea groups is 1. The van der Waals surface area contributed by atoms with Crippen molar-refractivity contribution in [3.05, 3.63) is 24.3 Å². The van der Waals surface area contributed by atoms with Gasteiger partial charge in [0.1, 0.15) is 19.0 Å².